The van der Waals surface area contributed by atoms with Crippen LogP contribution in [0.25, 0.3) is 0 Å². The average molecular weight is 309 g/mol. The third-order valence-electron chi connectivity index (χ3n) is 3.62. The summed E-state index contributed by atoms with van der Waals surface area (Å²) in [6, 6.07) is 0.0876. The second-order valence-electron chi connectivity index (χ2n) is 4.78. The number of aromatic nitrogens is 1. The van der Waals surface area contributed by atoms with E-state index in [2.05, 4.69) is 11.9 Å². The fraction of sp³-hybridized carbons (Fsp3) is 0.727. The summed E-state index contributed by atoms with van der Waals surface area (Å²) in [4.78, 5) is 3.81. The number of halogens is 1. The second kappa shape index (κ2) is 5.45. The van der Waals surface area contributed by atoms with Crippen LogP contribution in [0.4, 0.5) is 0 Å². The number of hydrogen-bond donors (Lipinski definition) is 0. The van der Waals surface area contributed by atoms with E-state index in [0.29, 0.717) is 5.92 Å². The van der Waals surface area contributed by atoms with E-state index in [0.717, 1.165) is 30.6 Å². The Morgan fingerprint density at radius 1 is 1.44 bits per heavy atom. The van der Waals surface area contributed by atoms with Crippen LogP contribution in [0.3, 0.4) is 0 Å². The molecule has 2 atom stereocenters. The van der Waals surface area contributed by atoms with E-state index >= 15 is 0 Å². The van der Waals surface area contributed by atoms with Gasteiger partial charge in [-0.3, -0.25) is 0 Å². The zero-order chi connectivity index (χ0) is 13.3. The van der Waals surface area contributed by atoms with Crippen LogP contribution in [0.2, 0.25) is 4.47 Å². The van der Waals surface area contributed by atoms with Gasteiger partial charge in [0.25, 0.3) is 10.0 Å². The van der Waals surface area contributed by atoms with Crippen LogP contribution in [-0.4, -0.2) is 30.8 Å². The van der Waals surface area contributed by atoms with Crippen LogP contribution in [0.15, 0.2) is 10.4 Å². The molecule has 1 aromatic rings. The lowest BCUT2D eigenvalue weighted by molar-refractivity contribution is 0.213. The van der Waals surface area contributed by atoms with Crippen molar-refractivity contribution >= 4 is 33.0 Å². The first kappa shape index (κ1) is 14.2. The lowest BCUT2D eigenvalue weighted by Crippen LogP contribution is -2.42. The summed E-state index contributed by atoms with van der Waals surface area (Å²) < 4.78 is 26.8. The van der Waals surface area contributed by atoms with Crippen molar-refractivity contribution in [2.24, 2.45) is 5.92 Å². The third-order valence-corrected chi connectivity index (χ3v) is 7.06. The van der Waals surface area contributed by atoms with Crippen LogP contribution < -0.4 is 0 Å². The Bertz CT molecular complexity index is 515. The molecule has 7 heteroatoms. The van der Waals surface area contributed by atoms with Gasteiger partial charge in [-0.1, -0.05) is 42.7 Å². The topological polar surface area (TPSA) is 50.3 Å². The van der Waals surface area contributed by atoms with Gasteiger partial charge in [0, 0.05) is 13.1 Å². The Labute approximate surface area is 117 Å². The molecule has 1 fully saturated rings. The van der Waals surface area contributed by atoms with E-state index in [4.69, 9.17) is 11.6 Å². The molecule has 0 spiro atoms. The monoisotopic (exact) mass is 308 g/mol. The lowest BCUT2D eigenvalue weighted by atomic mass is 9.86. The van der Waals surface area contributed by atoms with E-state index in [-0.39, 0.29) is 14.7 Å². The van der Waals surface area contributed by atoms with Gasteiger partial charge in [0.1, 0.15) is 0 Å². The molecule has 0 aromatic carbocycles. The van der Waals surface area contributed by atoms with Crippen molar-refractivity contribution in [3.63, 3.8) is 0 Å². The van der Waals surface area contributed by atoms with Crippen molar-refractivity contribution in [3.8, 4) is 0 Å². The predicted octanol–water partition coefficient (Wildman–Crippen LogP) is 3.00. The number of sulfonamides is 1. The number of thiazole rings is 1. The first-order valence-corrected chi connectivity index (χ1v) is 8.65. The summed E-state index contributed by atoms with van der Waals surface area (Å²) in [6.45, 7) is 2.12. The highest BCUT2D eigenvalue weighted by molar-refractivity contribution is 7.91. The van der Waals surface area contributed by atoms with Gasteiger partial charge >= 0.3 is 0 Å². The first-order valence-electron chi connectivity index (χ1n) is 6.02. The molecule has 18 heavy (non-hydrogen) atoms. The van der Waals surface area contributed by atoms with Crippen LogP contribution in [-0.2, 0) is 10.0 Å². The molecular weight excluding hydrogens is 292 g/mol. The van der Waals surface area contributed by atoms with E-state index in [1.165, 1.54) is 16.9 Å². The maximum absolute atomic E-state index is 12.4. The predicted molar refractivity (Wildman–Crippen MR) is 73.5 cm³/mol. The molecule has 0 amide bonds. The molecule has 102 valence electrons. The molecule has 0 bridgehead atoms. The van der Waals surface area contributed by atoms with Gasteiger partial charge in [-0.2, -0.15) is 4.31 Å². The van der Waals surface area contributed by atoms with Crippen molar-refractivity contribution in [2.45, 2.75) is 42.9 Å². The molecule has 2 unspecified atom stereocenters. The molecule has 0 radical (unpaired) electrons. The van der Waals surface area contributed by atoms with Gasteiger partial charge in [-0.05, 0) is 18.8 Å². The molecule has 2 rings (SSSR count). The Hall–Kier alpha value is -0.170. The molecule has 0 N–H and O–H groups in total. The smallest absolute Gasteiger partial charge is 0.232 e. The Kier molecular flexibility index (Phi) is 4.31. The van der Waals surface area contributed by atoms with E-state index in [1.54, 1.807) is 7.05 Å². The highest BCUT2D eigenvalue weighted by Gasteiger charge is 2.33. The summed E-state index contributed by atoms with van der Waals surface area (Å²) in [7, 11) is -1.78. The maximum Gasteiger partial charge on any atom is 0.254 e. The van der Waals surface area contributed by atoms with Gasteiger partial charge < -0.3 is 0 Å². The summed E-state index contributed by atoms with van der Waals surface area (Å²) in [6.07, 6.45) is 5.65. The van der Waals surface area contributed by atoms with Crippen molar-refractivity contribution in [2.75, 3.05) is 7.05 Å². The molecule has 0 saturated heterocycles. The molecule has 1 aliphatic carbocycles. The molecular formula is C11H17ClN2O2S2. The summed E-state index contributed by atoms with van der Waals surface area (Å²) in [5.74, 6) is 0.405. The minimum Gasteiger partial charge on any atom is -0.232 e. The Balaban J connectivity index is 2.24. The average Bonchev–Trinajstić information content (AvgIpc) is 2.76. The standard InChI is InChI=1S/C11H17ClN2O2S2/c1-8-5-3-4-6-9(8)14(2)18(15,16)10-7-13-11(12)17-10/h7-9H,3-6H2,1-2H3. The van der Waals surface area contributed by atoms with Crippen molar-refractivity contribution in [1.29, 1.82) is 0 Å². The van der Waals surface area contributed by atoms with Gasteiger partial charge in [-0.15, -0.1) is 0 Å². The van der Waals surface area contributed by atoms with E-state index < -0.39 is 10.0 Å². The quantitative estimate of drug-likeness (QED) is 0.862. The number of nitrogens with zero attached hydrogens (tertiary/aromatic N) is 2. The molecule has 0 aliphatic heterocycles. The summed E-state index contributed by atoms with van der Waals surface area (Å²) >= 11 is 6.72. The van der Waals surface area contributed by atoms with Crippen LogP contribution >= 0.6 is 22.9 Å². The van der Waals surface area contributed by atoms with Crippen LogP contribution in [0, 0.1) is 5.92 Å². The first-order chi connectivity index (χ1) is 8.43. The highest BCUT2D eigenvalue weighted by atomic mass is 35.5. The number of hydrogen-bond acceptors (Lipinski definition) is 4. The lowest BCUT2D eigenvalue weighted by Gasteiger charge is -2.35. The fourth-order valence-electron chi connectivity index (χ4n) is 2.52. The van der Waals surface area contributed by atoms with Gasteiger partial charge in [0.2, 0.25) is 0 Å². The van der Waals surface area contributed by atoms with Crippen molar-refractivity contribution in [3.05, 3.63) is 10.7 Å². The zero-order valence-corrected chi connectivity index (χ0v) is 12.9. The Morgan fingerprint density at radius 3 is 2.67 bits per heavy atom. The molecule has 4 nitrogen and oxygen atoms in total. The molecule has 1 heterocycles. The van der Waals surface area contributed by atoms with Gasteiger partial charge in [0.05, 0.1) is 6.20 Å². The minimum absolute atomic E-state index is 0.0876. The van der Waals surface area contributed by atoms with Crippen LogP contribution in [0.1, 0.15) is 32.6 Å². The normalized spacial score (nSPS) is 25.6. The van der Waals surface area contributed by atoms with Gasteiger partial charge in [0.15, 0.2) is 8.68 Å². The molecule has 1 aromatic heterocycles. The van der Waals surface area contributed by atoms with Crippen molar-refractivity contribution in [1.82, 2.24) is 9.29 Å². The summed E-state index contributed by atoms with van der Waals surface area (Å²) in [5, 5.41) is 0. The maximum atomic E-state index is 12.4. The highest BCUT2D eigenvalue weighted by Crippen LogP contribution is 2.32. The Morgan fingerprint density at radius 2 is 2.11 bits per heavy atom. The zero-order valence-electron chi connectivity index (χ0n) is 10.5. The van der Waals surface area contributed by atoms with E-state index in [9.17, 15) is 8.42 Å². The summed E-state index contributed by atoms with van der Waals surface area (Å²) in [5.41, 5.74) is 0. The second-order valence-corrected chi connectivity index (χ2v) is 8.62. The van der Waals surface area contributed by atoms with Crippen LogP contribution in [0.5, 0.6) is 0 Å². The molecule has 1 saturated carbocycles. The largest absolute Gasteiger partial charge is 0.254 e. The number of rotatable bonds is 3. The van der Waals surface area contributed by atoms with Gasteiger partial charge in [-0.25, -0.2) is 13.4 Å². The minimum atomic E-state index is -3.45. The van der Waals surface area contributed by atoms with E-state index in [1.807, 2.05) is 0 Å². The molecule has 1 aliphatic rings. The fourth-order valence-corrected chi connectivity index (χ4v) is 5.48. The SMILES string of the molecule is CC1CCCCC1N(C)S(=O)(=O)c1cnc(Cl)s1. The van der Waals surface area contributed by atoms with Crippen molar-refractivity contribution < 1.29 is 8.42 Å². The third kappa shape index (κ3) is 2.71.